The highest BCUT2D eigenvalue weighted by Gasteiger charge is 2.42. The van der Waals surface area contributed by atoms with Gasteiger partial charge >= 0.3 is 5.97 Å². The third-order valence-electron chi connectivity index (χ3n) is 4.20. The lowest BCUT2D eigenvalue weighted by Gasteiger charge is -2.37. The molecule has 2 N–H and O–H groups in total. The Hall–Kier alpha value is -0.710. The average Bonchev–Trinajstić information content (AvgIpc) is 2.39. The van der Waals surface area contributed by atoms with E-state index in [1.165, 1.54) is 0 Å². The molecule has 0 aromatic carbocycles. The third-order valence-corrected chi connectivity index (χ3v) is 5.17. The van der Waals surface area contributed by atoms with Crippen LogP contribution in [-0.2, 0) is 9.59 Å². The lowest BCUT2D eigenvalue weighted by molar-refractivity contribution is -0.149. The van der Waals surface area contributed by atoms with Crippen molar-refractivity contribution in [1.29, 1.82) is 0 Å². The van der Waals surface area contributed by atoms with Gasteiger partial charge in [-0.15, -0.1) is 0 Å². The van der Waals surface area contributed by atoms with E-state index in [1.807, 2.05) is 13.2 Å². The molecule has 1 saturated carbocycles. The molecule has 0 aromatic heterocycles. The molecule has 0 radical (unpaired) electrons. The number of carbonyl (C=O) groups excluding carboxylic acids is 1. The fourth-order valence-corrected chi connectivity index (χ4v) is 2.95. The van der Waals surface area contributed by atoms with Crippen molar-refractivity contribution in [3.63, 3.8) is 0 Å². The minimum Gasteiger partial charge on any atom is -0.480 e. The molecule has 0 heterocycles. The SMILES string of the molecule is CCC1CCC(NC(=O)CC(C)SC)(C(=O)O)CC1. The summed E-state index contributed by atoms with van der Waals surface area (Å²) in [6.45, 7) is 4.11. The number of rotatable bonds is 6. The first-order valence-corrected chi connectivity index (χ1v) is 8.29. The zero-order valence-corrected chi connectivity index (χ0v) is 12.9. The van der Waals surface area contributed by atoms with E-state index in [-0.39, 0.29) is 11.2 Å². The molecule has 1 aliphatic carbocycles. The van der Waals surface area contributed by atoms with Gasteiger partial charge in [-0.1, -0.05) is 20.3 Å². The maximum atomic E-state index is 12.0. The molecule has 0 bridgehead atoms. The van der Waals surface area contributed by atoms with Gasteiger partial charge in [0, 0.05) is 11.7 Å². The van der Waals surface area contributed by atoms with Crippen molar-refractivity contribution >= 4 is 23.6 Å². The maximum absolute atomic E-state index is 12.0. The lowest BCUT2D eigenvalue weighted by atomic mass is 9.75. The summed E-state index contributed by atoms with van der Waals surface area (Å²) in [5.74, 6) is -0.416. The highest BCUT2D eigenvalue weighted by Crippen LogP contribution is 2.34. The van der Waals surface area contributed by atoms with Gasteiger partial charge in [-0.2, -0.15) is 11.8 Å². The lowest BCUT2D eigenvalue weighted by Crippen LogP contribution is -2.56. The Balaban J connectivity index is 2.63. The third kappa shape index (κ3) is 4.41. The fourth-order valence-electron chi connectivity index (χ4n) is 2.63. The van der Waals surface area contributed by atoms with Crippen molar-refractivity contribution in [3.05, 3.63) is 0 Å². The summed E-state index contributed by atoms with van der Waals surface area (Å²) in [5.41, 5.74) is -1.03. The van der Waals surface area contributed by atoms with Crippen LogP contribution in [0.2, 0.25) is 0 Å². The summed E-state index contributed by atoms with van der Waals surface area (Å²) in [6, 6.07) is 0. The van der Waals surface area contributed by atoms with Gasteiger partial charge in [0.2, 0.25) is 5.91 Å². The Morgan fingerprint density at radius 2 is 2.00 bits per heavy atom. The van der Waals surface area contributed by atoms with Gasteiger partial charge in [-0.3, -0.25) is 4.79 Å². The summed E-state index contributed by atoms with van der Waals surface area (Å²) in [6.07, 6.45) is 6.32. The molecule has 1 unspecified atom stereocenters. The molecule has 0 aliphatic heterocycles. The van der Waals surface area contributed by atoms with Crippen LogP contribution in [-0.4, -0.2) is 34.0 Å². The van der Waals surface area contributed by atoms with Crippen LogP contribution in [0.5, 0.6) is 0 Å². The molecule has 0 aromatic rings. The predicted octanol–water partition coefficient (Wildman–Crippen LogP) is 2.67. The fraction of sp³-hybridized carbons (Fsp3) is 0.857. The topological polar surface area (TPSA) is 66.4 Å². The Morgan fingerprint density at radius 3 is 2.42 bits per heavy atom. The molecule has 1 amide bonds. The minimum atomic E-state index is -1.03. The minimum absolute atomic E-state index is 0.140. The molecule has 1 rings (SSSR count). The van der Waals surface area contributed by atoms with E-state index in [4.69, 9.17) is 0 Å². The van der Waals surface area contributed by atoms with Gasteiger partial charge in [0.25, 0.3) is 0 Å². The number of carbonyl (C=O) groups is 2. The maximum Gasteiger partial charge on any atom is 0.329 e. The van der Waals surface area contributed by atoms with Crippen molar-refractivity contribution in [2.75, 3.05) is 6.26 Å². The summed E-state index contributed by atoms with van der Waals surface area (Å²) >= 11 is 1.62. The normalized spacial score (nSPS) is 28.7. The number of hydrogen-bond acceptors (Lipinski definition) is 3. The number of nitrogens with one attached hydrogen (secondary N) is 1. The molecule has 4 nitrogen and oxygen atoms in total. The van der Waals surface area contributed by atoms with Crippen molar-refractivity contribution in [2.45, 2.75) is 63.2 Å². The van der Waals surface area contributed by atoms with Crippen LogP contribution in [0, 0.1) is 5.92 Å². The Kier molecular flexibility index (Phi) is 6.17. The van der Waals surface area contributed by atoms with Crippen LogP contribution in [0.3, 0.4) is 0 Å². The molecule has 0 spiro atoms. The van der Waals surface area contributed by atoms with Gasteiger partial charge in [0.15, 0.2) is 0 Å². The van der Waals surface area contributed by atoms with E-state index in [0.717, 1.165) is 19.3 Å². The van der Waals surface area contributed by atoms with E-state index < -0.39 is 11.5 Å². The molecular formula is C14H25NO3S. The number of carboxylic acid groups (broad SMARTS) is 1. The van der Waals surface area contributed by atoms with Gasteiger partial charge in [-0.05, 0) is 37.9 Å². The van der Waals surface area contributed by atoms with Gasteiger partial charge in [0.05, 0.1) is 0 Å². The molecule has 0 saturated heterocycles. The number of amides is 1. The first kappa shape index (κ1) is 16.3. The molecular weight excluding hydrogens is 262 g/mol. The summed E-state index contributed by atoms with van der Waals surface area (Å²) < 4.78 is 0. The van der Waals surface area contributed by atoms with Gasteiger partial charge in [0.1, 0.15) is 5.54 Å². The molecule has 1 fully saturated rings. The number of thioether (sulfide) groups is 1. The van der Waals surface area contributed by atoms with Gasteiger partial charge < -0.3 is 10.4 Å². The van der Waals surface area contributed by atoms with Crippen LogP contribution in [0.15, 0.2) is 0 Å². The van der Waals surface area contributed by atoms with Crippen molar-refractivity contribution in [1.82, 2.24) is 5.32 Å². The summed E-state index contributed by atoms with van der Waals surface area (Å²) in [5, 5.41) is 12.5. The predicted molar refractivity (Wildman–Crippen MR) is 78.4 cm³/mol. The monoisotopic (exact) mass is 287 g/mol. The molecule has 1 atom stereocenters. The Morgan fingerprint density at radius 1 is 1.42 bits per heavy atom. The van der Waals surface area contributed by atoms with Crippen LogP contribution in [0.1, 0.15) is 52.4 Å². The second-order valence-corrected chi connectivity index (χ2v) is 6.81. The first-order valence-electron chi connectivity index (χ1n) is 7.00. The van der Waals surface area contributed by atoms with E-state index in [0.29, 0.717) is 25.2 Å². The van der Waals surface area contributed by atoms with Crippen LogP contribution >= 0.6 is 11.8 Å². The second kappa shape index (κ2) is 7.17. The highest BCUT2D eigenvalue weighted by molar-refractivity contribution is 7.99. The zero-order valence-electron chi connectivity index (χ0n) is 12.1. The average molecular weight is 287 g/mol. The van der Waals surface area contributed by atoms with Crippen LogP contribution in [0.25, 0.3) is 0 Å². The smallest absolute Gasteiger partial charge is 0.329 e. The molecule has 110 valence electrons. The standard InChI is InChI=1S/C14H25NO3S/c1-4-11-5-7-14(8-6-11,13(17)18)15-12(16)9-10(2)19-3/h10-11H,4-9H2,1-3H3,(H,15,16)(H,17,18). The largest absolute Gasteiger partial charge is 0.480 e. The second-order valence-electron chi connectivity index (χ2n) is 5.54. The molecule has 1 aliphatic rings. The molecule has 19 heavy (non-hydrogen) atoms. The zero-order chi connectivity index (χ0) is 14.5. The Bertz CT molecular complexity index is 325. The van der Waals surface area contributed by atoms with Crippen molar-refractivity contribution in [3.8, 4) is 0 Å². The number of aliphatic carboxylic acids is 1. The summed E-state index contributed by atoms with van der Waals surface area (Å²) in [4.78, 5) is 23.5. The van der Waals surface area contributed by atoms with Crippen LogP contribution < -0.4 is 5.32 Å². The summed E-state index contributed by atoms with van der Waals surface area (Å²) in [7, 11) is 0. The number of carboxylic acids is 1. The van der Waals surface area contributed by atoms with Crippen molar-refractivity contribution < 1.29 is 14.7 Å². The Labute approximate surface area is 119 Å². The van der Waals surface area contributed by atoms with E-state index in [9.17, 15) is 14.7 Å². The highest BCUT2D eigenvalue weighted by atomic mass is 32.2. The van der Waals surface area contributed by atoms with E-state index in [1.54, 1.807) is 11.8 Å². The quantitative estimate of drug-likeness (QED) is 0.788. The van der Waals surface area contributed by atoms with Gasteiger partial charge in [-0.25, -0.2) is 4.79 Å². The van der Waals surface area contributed by atoms with E-state index in [2.05, 4.69) is 12.2 Å². The van der Waals surface area contributed by atoms with Crippen molar-refractivity contribution in [2.24, 2.45) is 5.92 Å². The number of hydrogen-bond donors (Lipinski definition) is 2. The van der Waals surface area contributed by atoms with E-state index >= 15 is 0 Å². The van der Waals surface area contributed by atoms with Crippen LogP contribution in [0.4, 0.5) is 0 Å². The molecule has 5 heteroatoms. The first-order chi connectivity index (χ1) is 8.93.